The van der Waals surface area contributed by atoms with Crippen LogP contribution >= 0.6 is 0 Å². The Morgan fingerprint density at radius 3 is 2.17 bits per heavy atom. The summed E-state index contributed by atoms with van der Waals surface area (Å²) < 4.78 is 0. The van der Waals surface area contributed by atoms with E-state index in [1.165, 1.54) is 16.3 Å². The Labute approximate surface area is 178 Å². The van der Waals surface area contributed by atoms with E-state index in [0.717, 1.165) is 43.0 Å². The number of benzene rings is 3. The van der Waals surface area contributed by atoms with Crippen molar-refractivity contribution in [3.8, 4) is 0 Å². The van der Waals surface area contributed by atoms with Gasteiger partial charge in [0.1, 0.15) is 0 Å². The molecule has 0 aliphatic heterocycles. The van der Waals surface area contributed by atoms with Crippen LogP contribution in [0.1, 0.15) is 21.5 Å². The number of aliphatic imine (C=N–C) groups is 1. The van der Waals surface area contributed by atoms with Crippen LogP contribution < -0.4 is 10.6 Å². The summed E-state index contributed by atoms with van der Waals surface area (Å²) in [6.07, 6.45) is 1.75. The van der Waals surface area contributed by atoms with Crippen LogP contribution in [0.25, 0.3) is 10.8 Å². The number of carbonyl (C=O) groups excluding carboxylic acids is 1. The standard InChI is InChI=1S/C25H30N4O/c1-26-25(27-15-13-19-7-6-10-23(18-19)24(30)29(2)3)28-16-14-20-11-12-21-8-4-5-9-22(21)17-20/h4-12,17-18H,13-16H2,1-3H3,(H2,26,27,28). The molecule has 0 heterocycles. The third-order valence-electron chi connectivity index (χ3n) is 5.03. The third kappa shape index (κ3) is 5.83. The van der Waals surface area contributed by atoms with Gasteiger partial charge in [0.05, 0.1) is 0 Å². The molecule has 156 valence electrons. The van der Waals surface area contributed by atoms with Gasteiger partial charge in [0, 0.05) is 39.8 Å². The van der Waals surface area contributed by atoms with Gasteiger partial charge >= 0.3 is 0 Å². The molecular weight excluding hydrogens is 372 g/mol. The largest absolute Gasteiger partial charge is 0.356 e. The van der Waals surface area contributed by atoms with Crippen LogP contribution in [0.2, 0.25) is 0 Å². The zero-order chi connectivity index (χ0) is 21.3. The van der Waals surface area contributed by atoms with Gasteiger partial charge in [-0.1, -0.05) is 54.6 Å². The van der Waals surface area contributed by atoms with Gasteiger partial charge in [-0.3, -0.25) is 9.79 Å². The van der Waals surface area contributed by atoms with Crippen LogP contribution in [0.5, 0.6) is 0 Å². The molecule has 0 saturated heterocycles. The Bertz CT molecular complexity index is 1030. The second kappa shape index (κ2) is 10.4. The summed E-state index contributed by atoms with van der Waals surface area (Å²) in [6.45, 7) is 1.56. The van der Waals surface area contributed by atoms with Crippen molar-refractivity contribution in [3.05, 3.63) is 83.4 Å². The zero-order valence-electron chi connectivity index (χ0n) is 18.0. The molecule has 0 spiro atoms. The SMILES string of the molecule is CN=C(NCCc1cccc(C(=O)N(C)C)c1)NCCc1ccc2ccccc2c1. The Balaban J connectivity index is 1.46. The highest BCUT2D eigenvalue weighted by Crippen LogP contribution is 2.15. The number of nitrogens with zero attached hydrogens (tertiary/aromatic N) is 2. The highest BCUT2D eigenvalue weighted by molar-refractivity contribution is 5.94. The lowest BCUT2D eigenvalue weighted by Crippen LogP contribution is -2.39. The quantitative estimate of drug-likeness (QED) is 0.470. The van der Waals surface area contributed by atoms with Crippen molar-refractivity contribution in [3.63, 3.8) is 0 Å². The fourth-order valence-electron chi connectivity index (χ4n) is 3.38. The van der Waals surface area contributed by atoms with Crippen LogP contribution in [0.4, 0.5) is 0 Å². The molecule has 3 aromatic rings. The van der Waals surface area contributed by atoms with Crippen molar-refractivity contribution in [1.29, 1.82) is 0 Å². The second-order valence-corrected chi connectivity index (χ2v) is 7.51. The topological polar surface area (TPSA) is 56.7 Å². The van der Waals surface area contributed by atoms with Gasteiger partial charge < -0.3 is 15.5 Å². The molecule has 3 aromatic carbocycles. The van der Waals surface area contributed by atoms with Crippen LogP contribution in [0.3, 0.4) is 0 Å². The average Bonchev–Trinajstić information content (AvgIpc) is 2.77. The maximum atomic E-state index is 12.1. The van der Waals surface area contributed by atoms with E-state index in [1.54, 1.807) is 26.0 Å². The molecule has 0 atom stereocenters. The first kappa shape index (κ1) is 21.4. The van der Waals surface area contributed by atoms with Gasteiger partial charge in [-0.05, 0) is 46.9 Å². The number of hydrogen-bond acceptors (Lipinski definition) is 2. The average molecular weight is 403 g/mol. The fraction of sp³-hybridized carbons (Fsp3) is 0.280. The summed E-state index contributed by atoms with van der Waals surface area (Å²) in [5, 5.41) is 9.26. The summed E-state index contributed by atoms with van der Waals surface area (Å²) in [6, 6.07) is 22.8. The Hall–Kier alpha value is -3.34. The lowest BCUT2D eigenvalue weighted by atomic mass is 10.1. The minimum Gasteiger partial charge on any atom is -0.356 e. The normalized spacial score (nSPS) is 11.4. The van der Waals surface area contributed by atoms with Crippen molar-refractivity contribution in [1.82, 2.24) is 15.5 Å². The molecule has 0 aliphatic carbocycles. The predicted molar refractivity (Wildman–Crippen MR) is 125 cm³/mol. The van der Waals surface area contributed by atoms with E-state index >= 15 is 0 Å². The number of carbonyl (C=O) groups is 1. The molecular formula is C25H30N4O. The van der Waals surface area contributed by atoms with Crippen LogP contribution in [-0.2, 0) is 12.8 Å². The molecule has 0 unspecified atom stereocenters. The van der Waals surface area contributed by atoms with Gasteiger partial charge in [-0.15, -0.1) is 0 Å². The molecule has 0 bridgehead atoms. The smallest absolute Gasteiger partial charge is 0.253 e. The van der Waals surface area contributed by atoms with Crippen molar-refractivity contribution in [2.45, 2.75) is 12.8 Å². The minimum atomic E-state index is 0.0241. The van der Waals surface area contributed by atoms with E-state index in [2.05, 4.69) is 58.1 Å². The van der Waals surface area contributed by atoms with Gasteiger partial charge in [0.15, 0.2) is 5.96 Å². The monoisotopic (exact) mass is 402 g/mol. The van der Waals surface area contributed by atoms with Crippen molar-refractivity contribution >= 4 is 22.6 Å². The van der Waals surface area contributed by atoms with E-state index in [4.69, 9.17) is 0 Å². The zero-order valence-corrected chi connectivity index (χ0v) is 18.0. The highest BCUT2D eigenvalue weighted by atomic mass is 16.2. The number of fused-ring (bicyclic) bond motifs is 1. The molecule has 0 fully saturated rings. The van der Waals surface area contributed by atoms with Crippen LogP contribution in [0, 0.1) is 0 Å². The number of amides is 1. The molecule has 5 nitrogen and oxygen atoms in total. The summed E-state index contributed by atoms with van der Waals surface area (Å²) >= 11 is 0. The summed E-state index contributed by atoms with van der Waals surface area (Å²) in [7, 11) is 5.32. The Kier molecular flexibility index (Phi) is 7.44. The fourth-order valence-corrected chi connectivity index (χ4v) is 3.38. The van der Waals surface area contributed by atoms with Gasteiger partial charge in [0.25, 0.3) is 5.91 Å². The molecule has 3 rings (SSSR count). The summed E-state index contributed by atoms with van der Waals surface area (Å²) in [5.74, 6) is 0.812. The van der Waals surface area contributed by atoms with Gasteiger partial charge in [0.2, 0.25) is 0 Å². The first-order valence-electron chi connectivity index (χ1n) is 10.3. The van der Waals surface area contributed by atoms with E-state index in [-0.39, 0.29) is 5.91 Å². The maximum Gasteiger partial charge on any atom is 0.253 e. The molecule has 1 amide bonds. The van der Waals surface area contributed by atoms with Gasteiger partial charge in [-0.2, -0.15) is 0 Å². The molecule has 0 radical (unpaired) electrons. The summed E-state index contributed by atoms with van der Waals surface area (Å²) in [4.78, 5) is 18.0. The molecule has 0 aromatic heterocycles. The predicted octanol–water partition coefficient (Wildman–Crippen LogP) is 3.49. The highest BCUT2D eigenvalue weighted by Gasteiger charge is 2.08. The molecule has 0 saturated carbocycles. The molecule has 0 aliphatic rings. The molecule has 2 N–H and O–H groups in total. The van der Waals surface area contributed by atoms with Crippen molar-refractivity contribution in [2.24, 2.45) is 4.99 Å². The molecule has 30 heavy (non-hydrogen) atoms. The minimum absolute atomic E-state index is 0.0241. The van der Waals surface area contributed by atoms with Crippen molar-refractivity contribution < 1.29 is 4.79 Å². The van der Waals surface area contributed by atoms with E-state index < -0.39 is 0 Å². The summed E-state index contributed by atoms with van der Waals surface area (Å²) in [5.41, 5.74) is 3.15. The number of nitrogens with one attached hydrogen (secondary N) is 2. The van der Waals surface area contributed by atoms with E-state index in [9.17, 15) is 4.79 Å². The van der Waals surface area contributed by atoms with E-state index in [0.29, 0.717) is 0 Å². The number of hydrogen-bond donors (Lipinski definition) is 2. The maximum absolute atomic E-state index is 12.1. The first-order chi connectivity index (χ1) is 14.6. The number of rotatable bonds is 7. The second-order valence-electron chi connectivity index (χ2n) is 7.51. The van der Waals surface area contributed by atoms with Crippen LogP contribution in [0.15, 0.2) is 71.7 Å². The van der Waals surface area contributed by atoms with Crippen molar-refractivity contribution in [2.75, 3.05) is 34.2 Å². The van der Waals surface area contributed by atoms with Gasteiger partial charge in [-0.25, -0.2) is 0 Å². The first-order valence-corrected chi connectivity index (χ1v) is 10.3. The Morgan fingerprint density at radius 1 is 0.833 bits per heavy atom. The van der Waals surface area contributed by atoms with Crippen LogP contribution in [-0.4, -0.2) is 51.0 Å². The lowest BCUT2D eigenvalue weighted by Gasteiger charge is -2.13. The third-order valence-corrected chi connectivity index (χ3v) is 5.03. The number of guanidine groups is 1. The Morgan fingerprint density at radius 2 is 1.50 bits per heavy atom. The molecule has 5 heteroatoms. The van der Waals surface area contributed by atoms with E-state index in [1.807, 2.05) is 24.3 Å². The lowest BCUT2D eigenvalue weighted by molar-refractivity contribution is 0.0827.